The number of hydrogen-bond donors (Lipinski definition) is 0. The lowest BCUT2D eigenvalue weighted by atomic mass is 9.98. The normalized spacial score (nSPS) is 15.2. The molecule has 7 nitrogen and oxygen atoms in total. The minimum Gasteiger partial charge on any atom is -0.345 e. The van der Waals surface area contributed by atoms with Crippen molar-refractivity contribution >= 4 is 28.0 Å². The predicted molar refractivity (Wildman–Crippen MR) is 146 cm³/mol. The van der Waals surface area contributed by atoms with Crippen LogP contribution >= 0.6 is 11.3 Å². The fourth-order valence-corrected chi connectivity index (χ4v) is 5.67. The number of benzene rings is 1. The van der Waals surface area contributed by atoms with Crippen LogP contribution < -0.4 is 5.43 Å². The van der Waals surface area contributed by atoms with Crippen molar-refractivity contribution in [3.63, 3.8) is 0 Å². The first kappa shape index (κ1) is 27.2. The quantitative estimate of drug-likeness (QED) is 0.313. The van der Waals surface area contributed by atoms with Crippen LogP contribution in [0.3, 0.4) is 0 Å². The van der Waals surface area contributed by atoms with E-state index in [0.717, 1.165) is 49.4 Å². The summed E-state index contributed by atoms with van der Waals surface area (Å²) in [6.45, 7) is 8.40. The lowest BCUT2D eigenvalue weighted by molar-refractivity contribution is -0.140. The molecule has 0 radical (unpaired) electrons. The summed E-state index contributed by atoms with van der Waals surface area (Å²) in [5, 5.41) is 1.58. The van der Waals surface area contributed by atoms with E-state index in [1.807, 2.05) is 16.7 Å². The first-order chi connectivity index (χ1) is 18.5. The fraction of sp³-hybridized carbons (Fsp3) is 0.357. The number of halogens is 3. The highest BCUT2D eigenvalue weighted by Gasteiger charge is 2.34. The number of likely N-dealkylation sites (N-methyl/N-ethyl adjacent to an activating group) is 1. The first-order valence-electron chi connectivity index (χ1n) is 12.6. The number of thiazole rings is 1. The Morgan fingerprint density at radius 1 is 1.08 bits per heavy atom. The molecule has 5 rings (SSSR count). The van der Waals surface area contributed by atoms with Crippen molar-refractivity contribution in [2.45, 2.75) is 26.6 Å². The van der Waals surface area contributed by atoms with E-state index >= 15 is 0 Å². The highest BCUT2D eigenvalue weighted by molar-refractivity contribution is 7.13. The second kappa shape index (κ2) is 10.6. The van der Waals surface area contributed by atoms with Crippen molar-refractivity contribution in [2.24, 2.45) is 0 Å². The van der Waals surface area contributed by atoms with Gasteiger partial charge in [-0.2, -0.15) is 13.2 Å². The molecule has 1 fully saturated rings. The summed E-state index contributed by atoms with van der Waals surface area (Å²) in [5.74, 6) is -0.319. The Morgan fingerprint density at radius 3 is 2.49 bits per heavy atom. The average molecular weight is 556 g/mol. The Labute approximate surface area is 227 Å². The van der Waals surface area contributed by atoms with Crippen molar-refractivity contribution in [3.8, 4) is 21.7 Å². The zero-order valence-corrected chi connectivity index (χ0v) is 22.7. The summed E-state index contributed by atoms with van der Waals surface area (Å²) in [7, 11) is 2.10. The van der Waals surface area contributed by atoms with E-state index in [1.165, 1.54) is 6.92 Å². The second-order valence-electron chi connectivity index (χ2n) is 9.91. The third-order valence-corrected chi connectivity index (χ3v) is 7.96. The number of nitrogens with zero attached hydrogens (tertiary/aromatic N) is 5. The standard InChI is InChI=1S/C28H28F3N5O2S/c1-17-12-20(27-33-25(16-39-27)28(29,30)31)22(14-32-17)19-4-5-24-21(13-19)26(38)23(18(2)37)15-36(24)11-10-35-8-6-34(3)7-9-35/h4-5,12-16H,6-11H2,1-3H3. The van der Waals surface area contributed by atoms with Gasteiger partial charge in [0.2, 0.25) is 0 Å². The molecule has 0 spiro atoms. The topological polar surface area (TPSA) is 71.3 Å². The van der Waals surface area contributed by atoms with Crippen LogP contribution in [0.2, 0.25) is 0 Å². The number of aryl methyl sites for hydroxylation is 1. The number of ketones is 1. The van der Waals surface area contributed by atoms with E-state index in [2.05, 4.69) is 26.8 Å². The van der Waals surface area contributed by atoms with Crippen LogP contribution in [0.25, 0.3) is 32.6 Å². The average Bonchev–Trinajstić information content (AvgIpc) is 3.40. The number of carbonyl (C=O) groups is 1. The van der Waals surface area contributed by atoms with E-state index in [4.69, 9.17) is 0 Å². The molecule has 1 aliphatic rings. The van der Waals surface area contributed by atoms with Crippen molar-refractivity contribution in [1.29, 1.82) is 0 Å². The maximum atomic E-state index is 13.4. The summed E-state index contributed by atoms with van der Waals surface area (Å²) in [4.78, 5) is 38.6. The third kappa shape index (κ3) is 5.66. The maximum absolute atomic E-state index is 13.4. The number of pyridine rings is 2. The van der Waals surface area contributed by atoms with Gasteiger partial charge in [0.1, 0.15) is 5.01 Å². The molecule has 0 aliphatic carbocycles. The molecule has 3 aromatic heterocycles. The molecule has 0 unspecified atom stereocenters. The molecule has 39 heavy (non-hydrogen) atoms. The van der Waals surface area contributed by atoms with E-state index in [9.17, 15) is 22.8 Å². The van der Waals surface area contributed by atoms with Gasteiger partial charge in [0.25, 0.3) is 0 Å². The van der Waals surface area contributed by atoms with E-state index < -0.39 is 11.9 Å². The zero-order valence-electron chi connectivity index (χ0n) is 21.9. The molecule has 204 valence electrons. The summed E-state index contributed by atoms with van der Waals surface area (Å²) < 4.78 is 41.7. The Hall–Kier alpha value is -3.41. The highest BCUT2D eigenvalue weighted by atomic mass is 32.1. The summed E-state index contributed by atoms with van der Waals surface area (Å²) in [6.07, 6.45) is -1.32. The lowest BCUT2D eigenvalue weighted by Crippen LogP contribution is -2.45. The van der Waals surface area contributed by atoms with E-state index in [0.29, 0.717) is 39.8 Å². The van der Waals surface area contributed by atoms with Crippen LogP contribution in [0.15, 0.2) is 46.8 Å². The molecular weight excluding hydrogens is 527 g/mol. The Kier molecular flexibility index (Phi) is 7.41. The largest absolute Gasteiger partial charge is 0.434 e. The Bertz CT molecular complexity index is 1600. The molecule has 0 saturated carbocycles. The summed E-state index contributed by atoms with van der Waals surface area (Å²) in [5.41, 5.74) is 1.78. The van der Waals surface area contributed by atoms with Crippen molar-refractivity contribution in [3.05, 3.63) is 69.2 Å². The predicted octanol–water partition coefficient (Wildman–Crippen LogP) is 4.96. The summed E-state index contributed by atoms with van der Waals surface area (Å²) >= 11 is 0.906. The minimum absolute atomic E-state index is 0.107. The molecule has 0 N–H and O–H groups in total. The van der Waals surface area contributed by atoms with Gasteiger partial charge < -0.3 is 9.47 Å². The molecule has 1 aliphatic heterocycles. The Balaban J connectivity index is 1.58. The molecule has 1 saturated heterocycles. The SMILES string of the molecule is CC(=O)c1cn(CCN2CCN(C)CC2)c2ccc(-c3cnc(C)cc3-c3nc(C(F)(F)F)cs3)cc2c1=O. The van der Waals surface area contributed by atoms with Crippen molar-refractivity contribution in [1.82, 2.24) is 24.3 Å². The molecular formula is C28H28F3N5O2S. The molecule has 0 amide bonds. The van der Waals surface area contributed by atoms with Gasteiger partial charge in [-0.15, -0.1) is 11.3 Å². The number of fused-ring (bicyclic) bond motifs is 1. The van der Waals surface area contributed by atoms with Crippen LogP contribution in [0, 0.1) is 6.92 Å². The smallest absolute Gasteiger partial charge is 0.345 e. The Morgan fingerprint density at radius 2 is 1.82 bits per heavy atom. The van der Waals surface area contributed by atoms with Gasteiger partial charge in [0, 0.05) is 79.2 Å². The number of carbonyl (C=O) groups excluding carboxylic acids is 1. The highest BCUT2D eigenvalue weighted by Crippen LogP contribution is 2.38. The van der Waals surface area contributed by atoms with Gasteiger partial charge in [0.05, 0.1) is 11.1 Å². The van der Waals surface area contributed by atoms with Crippen LogP contribution in [0.4, 0.5) is 13.2 Å². The fourth-order valence-electron chi connectivity index (χ4n) is 4.82. The molecule has 1 aromatic carbocycles. The number of aromatic nitrogens is 3. The van der Waals surface area contributed by atoms with E-state index in [1.54, 1.807) is 31.5 Å². The number of piperazine rings is 1. The number of rotatable bonds is 6. The van der Waals surface area contributed by atoms with Gasteiger partial charge in [-0.25, -0.2) is 4.98 Å². The zero-order chi connectivity index (χ0) is 27.9. The van der Waals surface area contributed by atoms with Crippen LogP contribution in [0.1, 0.15) is 28.7 Å². The van der Waals surface area contributed by atoms with Crippen LogP contribution in [0.5, 0.6) is 0 Å². The molecule has 4 aromatic rings. The maximum Gasteiger partial charge on any atom is 0.434 e. The van der Waals surface area contributed by atoms with Gasteiger partial charge in [-0.05, 0) is 44.7 Å². The third-order valence-electron chi connectivity index (χ3n) is 7.09. The van der Waals surface area contributed by atoms with Gasteiger partial charge >= 0.3 is 6.18 Å². The van der Waals surface area contributed by atoms with Crippen molar-refractivity contribution in [2.75, 3.05) is 39.8 Å². The number of hydrogen-bond acceptors (Lipinski definition) is 7. The monoisotopic (exact) mass is 555 g/mol. The van der Waals surface area contributed by atoms with Gasteiger partial charge in [-0.1, -0.05) is 6.07 Å². The second-order valence-corrected chi connectivity index (χ2v) is 10.8. The van der Waals surface area contributed by atoms with Crippen LogP contribution in [-0.4, -0.2) is 69.9 Å². The molecule has 11 heteroatoms. The minimum atomic E-state index is -4.54. The number of alkyl halides is 3. The first-order valence-corrected chi connectivity index (χ1v) is 13.5. The lowest BCUT2D eigenvalue weighted by Gasteiger charge is -2.32. The molecule has 0 bridgehead atoms. The molecule has 4 heterocycles. The van der Waals surface area contributed by atoms with Crippen LogP contribution in [-0.2, 0) is 12.7 Å². The van der Waals surface area contributed by atoms with Gasteiger partial charge in [-0.3, -0.25) is 19.5 Å². The summed E-state index contributed by atoms with van der Waals surface area (Å²) in [6, 6.07) is 7.05. The van der Waals surface area contributed by atoms with Crippen molar-refractivity contribution < 1.29 is 18.0 Å². The number of Topliss-reactive ketones (excluding diaryl/α,β-unsaturated/α-hetero) is 1. The van der Waals surface area contributed by atoms with Gasteiger partial charge in [0.15, 0.2) is 16.9 Å². The van der Waals surface area contributed by atoms with E-state index in [-0.39, 0.29) is 21.8 Å². The molecule has 0 atom stereocenters.